The minimum absolute atomic E-state index is 0.479. The van der Waals surface area contributed by atoms with Gasteiger partial charge in [0.1, 0.15) is 0 Å². The van der Waals surface area contributed by atoms with Gasteiger partial charge in [-0.2, -0.15) is 0 Å². The van der Waals surface area contributed by atoms with E-state index in [9.17, 15) is 0 Å². The van der Waals surface area contributed by atoms with Crippen LogP contribution in [0.3, 0.4) is 0 Å². The SMILES string of the molecule is CN1CCN(CCCOC2CCNC2)CC1. The van der Waals surface area contributed by atoms with Crippen LogP contribution in [-0.2, 0) is 4.74 Å². The van der Waals surface area contributed by atoms with Crippen molar-refractivity contribution in [2.24, 2.45) is 0 Å². The van der Waals surface area contributed by atoms with E-state index in [1.165, 1.54) is 45.6 Å². The first-order valence-electron chi connectivity index (χ1n) is 6.58. The van der Waals surface area contributed by atoms with E-state index in [0.29, 0.717) is 6.10 Å². The largest absolute Gasteiger partial charge is 0.377 e. The zero-order valence-electron chi connectivity index (χ0n) is 10.5. The molecule has 0 amide bonds. The molecule has 0 aromatic carbocycles. The van der Waals surface area contributed by atoms with Crippen LogP contribution in [0.5, 0.6) is 0 Å². The highest BCUT2D eigenvalue weighted by molar-refractivity contribution is 4.72. The normalized spacial score (nSPS) is 28.7. The molecule has 0 aromatic rings. The summed E-state index contributed by atoms with van der Waals surface area (Å²) in [6.45, 7) is 9.19. The highest BCUT2D eigenvalue weighted by Gasteiger charge is 2.15. The smallest absolute Gasteiger partial charge is 0.0711 e. The highest BCUT2D eigenvalue weighted by atomic mass is 16.5. The van der Waals surface area contributed by atoms with Crippen LogP contribution in [0, 0.1) is 0 Å². The van der Waals surface area contributed by atoms with Gasteiger partial charge in [0.15, 0.2) is 0 Å². The van der Waals surface area contributed by atoms with Crippen molar-refractivity contribution < 1.29 is 4.74 Å². The summed E-state index contributed by atoms with van der Waals surface area (Å²) in [7, 11) is 2.20. The Morgan fingerprint density at radius 2 is 2.06 bits per heavy atom. The van der Waals surface area contributed by atoms with Crippen molar-refractivity contribution in [1.29, 1.82) is 0 Å². The van der Waals surface area contributed by atoms with Gasteiger partial charge in [-0.15, -0.1) is 0 Å². The summed E-state index contributed by atoms with van der Waals surface area (Å²) in [5.41, 5.74) is 0. The van der Waals surface area contributed by atoms with E-state index in [0.717, 1.165) is 19.7 Å². The van der Waals surface area contributed by atoms with E-state index < -0.39 is 0 Å². The predicted molar refractivity (Wildman–Crippen MR) is 65.8 cm³/mol. The molecular formula is C12H25N3O. The standard InChI is InChI=1S/C12H25N3O/c1-14-6-8-15(9-7-14)5-2-10-16-12-3-4-13-11-12/h12-13H,2-11H2,1H3. The highest BCUT2D eigenvalue weighted by Crippen LogP contribution is 2.04. The molecule has 0 aromatic heterocycles. The Morgan fingerprint density at radius 1 is 1.25 bits per heavy atom. The summed E-state index contributed by atoms with van der Waals surface area (Å²) >= 11 is 0. The lowest BCUT2D eigenvalue weighted by Gasteiger charge is -2.32. The lowest BCUT2D eigenvalue weighted by atomic mass is 10.3. The molecule has 0 bridgehead atoms. The molecule has 2 saturated heterocycles. The third kappa shape index (κ3) is 4.01. The first-order chi connectivity index (χ1) is 7.84. The van der Waals surface area contributed by atoms with Gasteiger partial charge in [0, 0.05) is 45.9 Å². The average molecular weight is 227 g/mol. The zero-order chi connectivity index (χ0) is 11.2. The quantitative estimate of drug-likeness (QED) is 0.669. The van der Waals surface area contributed by atoms with Gasteiger partial charge in [0.05, 0.1) is 6.10 Å². The molecule has 0 aliphatic carbocycles. The third-order valence-electron chi connectivity index (χ3n) is 3.58. The summed E-state index contributed by atoms with van der Waals surface area (Å²) in [6.07, 6.45) is 2.85. The number of rotatable bonds is 5. The second-order valence-corrected chi connectivity index (χ2v) is 4.98. The maximum absolute atomic E-state index is 5.82. The molecule has 2 aliphatic rings. The Labute approximate surface area is 98.9 Å². The molecule has 0 saturated carbocycles. The Hall–Kier alpha value is -0.160. The molecule has 1 atom stereocenters. The third-order valence-corrected chi connectivity index (χ3v) is 3.58. The van der Waals surface area contributed by atoms with Crippen molar-refractivity contribution in [3.05, 3.63) is 0 Å². The number of ether oxygens (including phenoxy) is 1. The number of nitrogens with zero attached hydrogens (tertiary/aromatic N) is 2. The molecule has 16 heavy (non-hydrogen) atoms. The topological polar surface area (TPSA) is 27.7 Å². The van der Waals surface area contributed by atoms with Gasteiger partial charge in [-0.1, -0.05) is 0 Å². The number of nitrogens with one attached hydrogen (secondary N) is 1. The molecule has 1 unspecified atom stereocenters. The van der Waals surface area contributed by atoms with E-state index in [1.807, 2.05) is 0 Å². The monoisotopic (exact) mass is 227 g/mol. The summed E-state index contributed by atoms with van der Waals surface area (Å²) in [5, 5.41) is 3.33. The molecule has 94 valence electrons. The maximum Gasteiger partial charge on any atom is 0.0711 e. The number of hydrogen-bond acceptors (Lipinski definition) is 4. The summed E-state index contributed by atoms with van der Waals surface area (Å²) in [4.78, 5) is 4.95. The number of hydrogen-bond donors (Lipinski definition) is 1. The van der Waals surface area contributed by atoms with Crippen LogP contribution in [0.15, 0.2) is 0 Å². The summed E-state index contributed by atoms with van der Waals surface area (Å²) < 4.78 is 5.82. The molecule has 2 fully saturated rings. The molecule has 0 radical (unpaired) electrons. The van der Waals surface area contributed by atoms with Crippen LogP contribution < -0.4 is 5.32 Å². The Bertz CT molecular complexity index is 187. The summed E-state index contributed by atoms with van der Waals surface area (Å²) in [5.74, 6) is 0. The summed E-state index contributed by atoms with van der Waals surface area (Å²) in [6, 6.07) is 0. The van der Waals surface area contributed by atoms with Crippen molar-refractivity contribution in [3.8, 4) is 0 Å². The Morgan fingerprint density at radius 3 is 2.75 bits per heavy atom. The first kappa shape index (κ1) is 12.3. The van der Waals surface area contributed by atoms with Crippen LogP contribution in [0.4, 0.5) is 0 Å². The fourth-order valence-electron chi connectivity index (χ4n) is 2.38. The van der Waals surface area contributed by atoms with Gasteiger partial charge < -0.3 is 19.9 Å². The van der Waals surface area contributed by atoms with Gasteiger partial charge >= 0.3 is 0 Å². The lowest BCUT2D eigenvalue weighted by Crippen LogP contribution is -2.44. The molecule has 2 heterocycles. The van der Waals surface area contributed by atoms with E-state index in [2.05, 4.69) is 22.2 Å². The molecule has 1 N–H and O–H groups in total. The van der Waals surface area contributed by atoms with E-state index in [-0.39, 0.29) is 0 Å². The number of piperazine rings is 1. The van der Waals surface area contributed by atoms with Gasteiger partial charge in [-0.25, -0.2) is 0 Å². The molecule has 4 heteroatoms. The molecule has 0 spiro atoms. The van der Waals surface area contributed by atoms with Crippen molar-refractivity contribution in [2.75, 3.05) is 59.5 Å². The number of likely N-dealkylation sites (N-methyl/N-ethyl adjacent to an activating group) is 1. The zero-order valence-corrected chi connectivity index (χ0v) is 10.5. The minimum Gasteiger partial charge on any atom is -0.377 e. The van der Waals surface area contributed by atoms with Crippen molar-refractivity contribution in [3.63, 3.8) is 0 Å². The van der Waals surface area contributed by atoms with Crippen LogP contribution in [0.25, 0.3) is 0 Å². The maximum atomic E-state index is 5.82. The van der Waals surface area contributed by atoms with E-state index >= 15 is 0 Å². The van der Waals surface area contributed by atoms with Crippen molar-refractivity contribution >= 4 is 0 Å². The predicted octanol–water partition coefficient (Wildman–Crippen LogP) is 0.00240. The Kier molecular flexibility index (Phi) is 5.03. The Balaban J connectivity index is 1.48. The van der Waals surface area contributed by atoms with Gasteiger partial charge in [-0.05, 0) is 26.4 Å². The van der Waals surface area contributed by atoms with Crippen LogP contribution in [0.1, 0.15) is 12.8 Å². The second-order valence-electron chi connectivity index (χ2n) is 4.98. The van der Waals surface area contributed by atoms with E-state index in [1.54, 1.807) is 0 Å². The van der Waals surface area contributed by atoms with Crippen molar-refractivity contribution in [1.82, 2.24) is 15.1 Å². The van der Waals surface area contributed by atoms with Gasteiger partial charge in [0.25, 0.3) is 0 Å². The van der Waals surface area contributed by atoms with Gasteiger partial charge in [-0.3, -0.25) is 0 Å². The molecule has 4 nitrogen and oxygen atoms in total. The fourth-order valence-corrected chi connectivity index (χ4v) is 2.38. The second kappa shape index (κ2) is 6.55. The fraction of sp³-hybridized carbons (Fsp3) is 1.00. The van der Waals surface area contributed by atoms with E-state index in [4.69, 9.17) is 4.74 Å². The van der Waals surface area contributed by atoms with Gasteiger partial charge in [0.2, 0.25) is 0 Å². The minimum atomic E-state index is 0.479. The molecule has 2 aliphatic heterocycles. The van der Waals surface area contributed by atoms with Crippen molar-refractivity contribution in [2.45, 2.75) is 18.9 Å². The van der Waals surface area contributed by atoms with Crippen LogP contribution in [0.2, 0.25) is 0 Å². The first-order valence-corrected chi connectivity index (χ1v) is 6.58. The molecule has 2 rings (SSSR count). The molecular weight excluding hydrogens is 202 g/mol. The average Bonchev–Trinajstić information content (AvgIpc) is 2.80. The van der Waals surface area contributed by atoms with Crippen LogP contribution >= 0.6 is 0 Å². The lowest BCUT2D eigenvalue weighted by molar-refractivity contribution is 0.0557. The van der Waals surface area contributed by atoms with Crippen LogP contribution in [-0.4, -0.2) is 75.4 Å².